The van der Waals surface area contributed by atoms with E-state index in [1.54, 1.807) is 4.90 Å². The molecule has 160 valence electrons. The summed E-state index contributed by atoms with van der Waals surface area (Å²) >= 11 is 6.16. The number of hydrogen-bond acceptors (Lipinski definition) is 4. The van der Waals surface area contributed by atoms with Crippen LogP contribution in [0, 0.1) is 0 Å². The molecule has 1 saturated heterocycles. The molecule has 6 nitrogen and oxygen atoms in total. The van der Waals surface area contributed by atoms with Gasteiger partial charge in [0, 0.05) is 42.5 Å². The quantitative estimate of drug-likeness (QED) is 0.696. The Kier molecular flexibility index (Phi) is 8.11. The molecule has 3 rings (SSSR count). The molecule has 0 unspecified atom stereocenters. The number of rotatable bonds is 8. The number of anilines is 2. The SMILES string of the molecule is CCN(CC(=O)Nc1ccc(N2CCOCC2)cc1)C(=O)CCc1ccccc1Cl. The molecule has 2 amide bonds. The van der Waals surface area contributed by atoms with Crippen molar-refractivity contribution in [1.82, 2.24) is 4.90 Å². The van der Waals surface area contributed by atoms with Crippen LogP contribution in [0.15, 0.2) is 48.5 Å². The highest BCUT2D eigenvalue weighted by Crippen LogP contribution is 2.19. The number of morpholine rings is 1. The zero-order chi connectivity index (χ0) is 21.3. The van der Waals surface area contributed by atoms with E-state index < -0.39 is 0 Å². The lowest BCUT2D eigenvalue weighted by Gasteiger charge is -2.29. The molecule has 2 aromatic rings. The average molecular weight is 430 g/mol. The Morgan fingerprint density at radius 1 is 1.10 bits per heavy atom. The Hall–Kier alpha value is -2.57. The molecule has 0 aromatic heterocycles. The second kappa shape index (κ2) is 11.0. The van der Waals surface area contributed by atoms with Gasteiger partial charge in [-0.1, -0.05) is 29.8 Å². The van der Waals surface area contributed by atoms with E-state index in [9.17, 15) is 9.59 Å². The van der Waals surface area contributed by atoms with E-state index in [0.717, 1.165) is 43.2 Å². The molecule has 7 heteroatoms. The summed E-state index contributed by atoms with van der Waals surface area (Å²) in [6.45, 7) is 5.58. The van der Waals surface area contributed by atoms with Gasteiger partial charge in [0.2, 0.25) is 11.8 Å². The maximum atomic E-state index is 12.6. The fraction of sp³-hybridized carbons (Fsp3) is 0.391. The van der Waals surface area contributed by atoms with Crippen LogP contribution in [0.25, 0.3) is 0 Å². The summed E-state index contributed by atoms with van der Waals surface area (Å²) in [5.74, 6) is -0.266. The zero-order valence-corrected chi connectivity index (χ0v) is 18.0. The normalized spacial score (nSPS) is 13.7. The largest absolute Gasteiger partial charge is 0.378 e. The van der Waals surface area contributed by atoms with E-state index in [0.29, 0.717) is 24.4 Å². The standard InChI is InChI=1S/C23H28ClN3O3/c1-2-26(23(29)12-7-18-5-3-4-6-21(18)24)17-22(28)25-19-8-10-20(11-9-19)27-13-15-30-16-14-27/h3-6,8-11H,2,7,12-17H2,1H3,(H,25,28). The lowest BCUT2D eigenvalue weighted by atomic mass is 10.1. The number of ether oxygens (including phenoxy) is 1. The summed E-state index contributed by atoms with van der Waals surface area (Å²) in [5, 5.41) is 3.54. The highest BCUT2D eigenvalue weighted by molar-refractivity contribution is 6.31. The van der Waals surface area contributed by atoms with E-state index in [2.05, 4.69) is 10.2 Å². The van der Waals surface area contributed by atoms with Crippen molar-refractivity contribution in [1.29, 1.82) is 0 Å². The van der Waals surface area contributed by atoms with E-state index in [4.69, 9.17) is 16.3 Å². The molecule has 30 heavy (non-hydrogen) atoms. The molecule has 1 aliphatic rings. The van der Waals surface area contributed by atoms with E-state index in [-0.39, 0.29) is 18.4 Å². The summed E-state index contributed by atoms with van der Waals surface area (Å²) in [5.41, 5.74) is 2.77. The Morgan fingerprint density at radius 2 is 1.80 bits per heavy atom. The predicted octanol–water partition coefficient (Wildman–Crippen LogP) is 3.60. The number of benzene rings is 2. The fourth-order valence-electron chi connectivity index (χ4n) is 3.43. The van der Waals surface area contributed by atoms with E-state index in [1.165, 1.54) is 0 Å². The minimum atomic E-state index is -0.206. The molecule has 2 aromatic carbocycles. The van der Waals surface area contributed by atoms with Crippen molar-refractivity contribution in [2.24, 2.45) is 0 Å². The molecule has 0 bridgehead atoms. The van der Waals surface area contributed by atoms with Crippen LogP contribution in [0.4, 0.5) is 11.4 Å². The summed E-state index contributed by atoms with van der Waals surface area (Å²) in [4.78, 5) is 28.8. The van der Waals surface area contributed by atoms with Crippen LogP contribution >= 0.6 is 11.6 Å². The van der Waals surface area contributed by atoms with Crippen LogP contribution < -0.4 is 10.2 Å². The van der Waals surface area contributed by atoms with Gasteiger partial charge in [0.1, 0.15) is 0 Å². The molecular weight excluding hydrogens is 402 g/mol. The highest BCUT2D eigenvalue weighted by Gasteiger charge is 2.16. The number of carbonyl (C=O) groups is 2. The average Bonchev–Trinajstić information content (AvgIpc) is 2.78. The van der Waals surface area contributed by atoms with Gasteiger partial charge in [-0.2, -0.15) is 0 Å². The van der Waals surface area contributed by atoms with Crippen molar-refractivity contribution in [3.63, 3.8) is 0 Å². The molecule has 0 spiro atoms. The van der Waals surface area contributed by atoms with Crippen LogP contribution in [-0.2, 0) is 20.7 Å². The number of nitrogens with zero attached hydrogens (tertiary/aromatic N) is 2. The van der Waals surface area contributed by atoms with Crippen LogP contribution in [0.3, 0.4) is 0 Å². The van der Waals surface area contributed by atoms with Gasteiger partial charge in [-0.3, -0.25) is 9.59 Å². The maximum Gasteiger partial charge on any atom is 0.243 e. The van der Waals surface area contributed by atoms with Gasteiger partial charge >= 0.3 is 0 Å². The molecular formula is C23H28ClN3O3. The lowest BCUT2D eigenvalue weighted by molar-refractivity contribution is -0.134. The second-order valence-electron chi connectivity index (χ2n) is 7.19. The minimum Gasteiger partial charge on any atom is -0.378 e. The number of likely N-dealkylation sites (N-methyl/N-ethyl adjacent to an activating group) is 1. The lowest BCUT2D eigenvalue weighted by Crippen LogP contribution is -2.38. The first-order chi connectivity index (χ1) is 14.6. The predicted molar refractivity (Wildman–Crippen MR) is 120 cm³/mol. The van der Waals surface area contributed by atoms with Gasteiger partial charge in [0.15, 0.2) is 0 Å². The summed E-state index contributed by atoms with van der Waals surface area (Å²) in [6.07, 6.45) is 0.874. The topological polar surface area (TPSA) is 61.9 Å². The Morgan fingerprint density at radius 3 is 2.47 bits per heavy atom. The number of amides is 2. The number of nitrogens with one attached hydrogen (secondary N) is 1. The molecule has 1 aliphatic heterocycles. The first kappa shape index (κ1) is 22.1. The zero-order valence-electron chi connectivity index (χ0n) is 17.3. The van der Waals surface area contributed by atoms with Gasteiger partial charge < -0.3 is 19.9 Å². The first-order valence-electron chi connectivity index (χ1n) is 10.3. The third-order valence-corrected chi connectivity index (χ3v) is 5.53. The van der Waals surface area contributed by atoms with Crippen molar-refractivity contribution in [2.45, 2.75) is 19.8 Å². The van der Waals surface area contributed by atoms with Gasteiger partial charge in [-0.25, -0.2) is 0 Å². The van der Waals surface area contributed by atoms with Crippen molar-refractivity contribution < 1.29 is 14.3 Å². The van der Waals surface area contributed by atoms with Crippen LogP contribution in [-0.4, -0.2) is 56.1 Å². The van der Waals surface area contributed by atoms with Gasteiger partial charge in [0.05, 0.1) is 19.8 Å². The third kappa shape index (κ3) is 6.21. The highest BCUT2D eigenvalue weighted by atomic mass is 35.5. The molecule has 1 heterocycles. The van der Waals surface area contributed by atoms with Crippen molar-refractivity contribution in [3.8, 4) is 0 Å². The number of halogens is 1. The number of carbonyl (C=O) groups excluding carboxylic acids is 2. The van der Waals surface area contributed by atoms with Crippen LogP contribution in [0.2, 0.25) is 5.02 Å². The molecule has 0 radical (unpaired) electrons. The molecule has 0 atom stereocenters. The monoisotopic (exact) mass is 429 g/mol. The van der Waals surface area contributed by atoms with Crippen LogP contribution in [0.5, 0.6) is 0 Å². The Labute approximate surface area is 182 Å². The first-order valence-corrected chi connectivity index (χ1v) is 10.7. The number of hydrogen-bond donors (Lipinski definition) is 1. The third-order valence-electron chi connectivity index (χ3n) is 5.16. The second-order valence-corrected chi connectivity index (χ2v) is 7.60. The molecule has 1 N–H and O–H groups in total. The van der Waals surface area contributed by atoms with Crippen molar-refractivity contribution >= 4 is 34.8 Å². The summed E-state index contributed by atoms with van der Waals surface area (Å²) in [6, 6.07) is 15.3. The van der Waals surface area contributed by atoms with Gasteiger partial charge in [-0.05, 0) is 49.2 Å². The molecule has 0 aliphatic carbocycles. The summed E-state index contributed by atoms with van der Waals surface area (Å²) in [7, 11) is 0. The van der Waals surface area contributed by atoms with Gasteiger partial charge in [0.25, 0.3) is 0 Å². The van der Waals surface area contributed by atoms with Gasteiger partial charge in [-0.15, -0.1) is 0 Å². The Bertz CT molecular complexity index is 851. The number of aryl methyl sites for hydroxylation is 1. The van der Waals surface area contributed by atoms with Crippen molar-refractivity contribution in [2.75, 3.05) is 49.6 Å². The molecule has 0 saturated carbocycles. The molecule has 1 fully saturated rings. The maximum absolute atomic E-state index is 12.6. The van der Waals surface area contributed by atoms with E-state index in [1.807, 2.05) is 55.5 Å². The van der Waals surface area contributed by atoms with Crippen LogP contribution in [0.1, 0.15) is 18.9 Å². The minimum absolute atomic E-state index is 0.0308. The van der Waals surface area contributed by atoms with Crippen molar-refractivity contribution in [3.05, 3.63) is 59.1 Å². The van der Waals surface area contributed by atoms with E-state index >= 15 is 0 Å². The fourth-order valence-corrected chi connectivity index (χ4v) is 3.66. The summed E-state index contributed by atoms with van der Waals surface area (Å²) < 4.78 is 5.38. The smallest absolute Gasteiger partial charge is 0.243 e. The Balaban J connectivity index is 1.49.